The SMILES string of the molecule is CC(=O)Cc1nc2c(s1)C(=O)C(=C(O)c1ccc(CC3CC3)nc1)CC2. The number of rotatable bonds is 5. The number of fused-ring (bicyclic) bond motifs is 1. The molecule has 0 spiro atoms. The van der Waals surface area contributed by atoms with E-state index in [-0.39, 0.29) is 23.7 Å². The van der Waals surface area contributed by atoms with E-state index in [4.69, 9.17) is 0 Å². The van der Waals surface area contributed by atoms with Gasteiger partial charge in [0, 0.05) is 23.0 Å². The second kappa shape index (κ2) is 6.76. The van der Waals surface area contributed by atoms with Gasteiger partial charge in [-0.15, -0.1) is 11.3 Å². The highest BCUT2D eigenvalue weighted by Crippen LogP contribution is 2.34. The smallest absolute Gasteiger partial charge is 0.204 e. The van der Waals surface area contributed by atoms with E-state index in [0.717, 1.165) is 23.7 Å². The van der Waals surface area contributed by atoms with Crippen molar-refractivity contribution in [3.8, 4) is 0 Å². The molecule has 1 fully saturated rings. The molecule has 1 saturated carbocycles. The Bertz CT molecular complexity index is 908. The lowest BCUT2D eigenvalue weighted by molar-refractivity contribution is -0.116. The normalized spacial score (nSPS) is 18.6. The highest BCUT2D eigenvalue weighted by atomic mass is 32.1. The van der Waals surface area contributed by atoms with Crippen molar-refractivity contribution in [1.82, 2.24) is 9.97 Å². The number of hydrogen-bond acceptors (Lipinski definition) is 6. The van der Waals surface area contributed by atoms with Gasteiger partial charge in [-0.3, -0.25) is 14.6 Å². The van der Waals surface area contributed by atoms with E-state index >= 15 is 0 Å². The molecule has 1 N–H and O–H groups in total. The Morgan fingerprint density at radius 1 is 1.31 bits per heavy atom. The zero-order valence-electron chi connectivity index (χ0n) is 14.6. The molecular weight excluding hydrogens is 348 g/mol. The molecule has 0 aromatic carbocycles. The number of aliphatic hydroxyl groups excluding tert-OH is 1. The fraction of sp³-hybridized carbons (Fsp3) is 0.400. The van der Waals surface area contributed by atoms with Crippen LogP contribution < -0.4 is 0 Å². The van der Waals surface area contributed by atoms with Crippen LogP contribution in [0.3, 0.4) is 0 Å². The van der Waals surface area contributed by atoms with Crippen LogP contribution in [0, 0.1) is 5.92 Å². The topological polar surface area (TPSA) is 80.2 Å². The fourth-order valence-electron chi connectivity index (χ4n) is 3.23. The van der Waals surface area contributed by atoms with Crippen LogP contribution in [0.15, 0.2) is 23.9 Å². The van der Waals surface area contributed by atoms with Crippen molar-refractivity contribution in [3.63, 3.8) is 0 Å². The zero-order valence-corrected chi connectivity index (χ0v) is 15.4. The maximum atomic E-state index is 12.8. The van der Waals surface area contributed by atoms with Crippen molar-refractivity contribution < 1.29 is 14.7 Å². The van der Waals surface area contributed by atoms with Gasteiger partial charge in [0.2, 0.25) is 5.78 Å². The summed E-state index contributed by atoms with van der Waals surface area (Å²) in [6, 6.07) is 3.77. The number of pyridine rings is 1. The van der Waals surface area contributed by atoms with Gasteiger partial charge in [-0.2, -0.15) is 0 Å². The van der Waals surface area contributed by atoms with Crippen LogP contribution in [-0.2, 0) is 24.1 Å². The molecule has 0 bridgehead atoms. The van der Waals surface area contributed by atoms with Gasteiger partial charge in [-0.25, -0.2) is 4.98 Å². The van der Waals surface area contributed by atoms with E-state index in [0.29, 0.717) is 33.9 Å². The lowest BCUT2D eigenvalue weighted by Gasteiger charge is -2.14. The molecule has 2 aromatic heterocycles. The van der Waals surface area contributed by atoms with Crippen molar-refractivity contribution in [2.45, 2.75) is 45.4 Å². The van der Waals surface area contributed by atoms with Gasteiger partial charge in [-0.1, -0.05) is 0 Å². The Balaban J connectivity index is 1.59. The number of aliphatic hydroxyl groups is 1. The van der Waals surface area contributed by atoms with Crippen LogP contribution >= 0.6 is 11.3 Å². The summed E-state index contributed by atoms with van der Waals surface area (Å²) in [4.78, 5) is 33.5. The molecule has 26 heavy (non-hydrogen) atoms. The van der Waals surface area contributed by atoms with Crippen LogP contribution in [0.2, 0.25) is 0 Å². The third-order valence-corrected chi connectivity index (χ3v) is 5.91. The maximum Gasteiger partial charge on any atom is 0.204 e. The number of carbonyl (C=O) groups excluding carboxylic acids is 2. The van der Waals surface area contributed by atoms with Gasteiger partial charge in [0.1, 0.15) is 16.6 Å². The van der Waals surface area contributed by atoms with Gasteiger partial charge in [0.15, 0.2) is 0 Å². The Hall–Kier alpha value is -2.34. The predicted octanol–water partition coefficient (Wildman–Crippen LogP) is 3.72. The fourth-order valence-corrected chi connectivity index (χ4v) is 4.38. The minimum atomic E-state index is -0.182. The number of aromatic nitrogens is 2. The number of carbonyl (C=O) groups is 2. The molecule has 2 aliphatic rings. The van der Waals surface area contributed by atoms with Crippen molar-refractivity contribution >= 4 is 28.7 Å². The summed E-state index contributed by atoms with van der Waals surface area (Å²) in [5.74, 6) is 0.611. The molecule has 134 valence electrons. The van der Waals surface area contributed by atoms with Crippen LogP contribution in [0.4, 0.5) is 0 Å². The lowest BCUT2D eigenvalue weighted by Crippen LogP contribution is -2.14. The molecule has 0 atom stereocenters. The predicted molar refractivity (Wildman–Crippen MR) is 99.4 cm³/mol. The average Bonchev–Trinajstić information content (AvgIpc) is 3.32. The molecule has 0 radical (unpaired) electrons. The molecule has 4 rings (SSSR count). The molecule has 2 aliphatic carbocycles. The molecule has 2 heterocycles. The maximum absolute atomic E-state index is 12.8. The quantitative estimate of drug-likeness (QED) is 0.643. The summed E-state index contributed by atoms with van der Waals surface area (Å²) < 4.78 is 0. The van der Waals surface area contributed by atoms with Gasteiger partial charge >= 0.3 is 0 Å². The minimum Gasteiger partial charge on any atom is -0.507 e. The Labute approximate surface area is 155 Å². The minimum absolute atomic E-state index is 0.00707. The van der Waals surface area contributed by atoms with Gasteiger partial charge in [-0.05, 0) is 57.1 Å². The van der Waals surface area contributed by atoms with Crippen molar-refractivity contribution in [2.75, 3.05) is 0 Å². The summed E-state index contributed by atoms with van der Waals surface area (Å²) in [5, 5.41) is 11.3. The van der Waals surface area contributed by atoms with Crippen LogP contribution in [0.1, 0.15) is 57.8 Å². The first-order chi connectivity index (χ1) is 12.5. The average molecular weight is 368 g/mol. The standard InChI is InChI=1S/C20H20N2O3S/c1-11(23)8-17-22-16-7-6-15(19(25)20(16)26-17)18(24)13-4-5-14(21-10-13)9-12-2-3-12/h4-5,10,12,24H,2-3,6-9H2,1H3. The van der Waals surface area contributed by atoms with Crippen LogP contribution in [-0.4, -0.2) is 26.6 Å². The second-order valence-electron chi connectivity index (χ2n) is 7.10. The number of thiazole rings is 1. The Kier molecular flexibility index (Phi) is 4.44. The lowest BCUT2D eigenvalue weighted by atomic mass is 9.93. The molecule has 5 nitrogen and oxygen atoms in total. The third-order valence-electron chi connectivity index (χ3n) is 4.81. The Morgan fingerprint density at radius 3 is 2.77 bits per heavy atom. The highest BCUT2D eigenvalue weighted by Gasteiger charge is 2.29. The van der Waals surface area contributed by atoms with E-state index in [1.54, 1.807) is 6.20 Å². The summed E-state index contributed by atoms with van der Waals surface area (Å²) in [6.07, 6.45) is 6.48. The van der Waals surface area contributed by atoms with E-state index in [1.807, 2.05) is 12.1 Å². The number of aryl methyl sites for hydroxylation is 1. The van der Waals surface area contributed by atoms with Crippen molar-refractivity contribution in [2.24, 2.45) is 5.92 Å². The van der Waals surface area contributed by atoms with Gasteiger partial charge in [0.25, 0.3) is 0 Å². The third kappa shape index (κ3) is 3.46. The molecule has 0 aliphatic heterocycles. The second-order valence-corrected chi connectivity index (χ2v) is 8.19. The molecule has 2 aromatic rings. The van der Waals surface area contributed by atoms with Gasteiger partial charge in [0.05, 0.1) is 17.0 Å². The molecular formula is C20H20N2O3S. The first-order valence-corrected chi connectivity index (χ1v) is 9.73. The summed E-state index contributed by atoms with van der Waals surface area (Å²) in [6.45, 7) is 1.51. The summed E-state index contributed by atoms with van der Waals surface area (Å²) in [5.41, 5.74) is 2.76. The van der Waals surface area contributed by atoms with Crippen molar-refractivity contribution in [3.05, 3.63) is 50.7 Å². The van der Waals surface area contributed by atoms with Crippen molar-refractivity contribution in [1.29, 1.82) is 0 Å². The first-order valence-electron chi connectivity index (χ1n) is 8.91. The highest BCUT2D eigenvalue weighted by molar-refractivity contribution is 7.14. The molecule has 0 unspecified atom stereocenters. The van der Waals surface area contributed by atoms with E-state index in [1.165, 1.54) is 31.1 Å². The monoisotopic (exact) mass is 368 g/mol. The Morgan fingerprint density at radius 2 is 2.12 bits per heavy atom. The number of nitrogens with zero attached hydrogens (tertiary/aromatic N) is 2. The van der Waals surface area contributed by atoms with Gasteiger partial charge < -0.3 is 5.11 Å². The summed E-state index contributed by atoms with van der Waals surface area (Å²) in [7, 11) is 0. The van der Waals surface area contributed by atoms with E-state index in [9.17, 15) is 14.7 Å². The van der Waals surface area contributed by atoms with Crippen LogP contribution in [0.25, 0.3) is 5.76 Å². The number of ketones is 2. The summed E-state index contributed by atoms with van der Waals surface area (Å²) >= 11 is 1.26. The number of Topliss-reactive ketones (excluding diaryl/α,β-unsaturated/α-hetero) is 2. The number of hydrogen-bond donors (Lipinski definition) is 1. The molecule has 6 heteroatoms. The van der Waals surface area contributed by atoms with E-state index in [2.05, 4.69) is 9.97 Å². The molecule has 0 saturated heterocycles. The van der Waals surface area contributed by atoms with E-state index < -0.39 is 0 Å². The largest absolute Gasteiger partial charge is 0.507 e. The number of allylic oxidation sites excluding steroid dienone is 1. The zero-order chi connectivity index (χ0) is 18.3. The first kappa shape index (κ1) is 17.1. The molecule has 0 amide bonds. The van der Waals surface area contributed by atoms with Crippen LogP contribution in [0.5, 0.6) is 0 Å².